The molecule has 0 radical (unpaired) electrons. The predicted molar refractivity (Wildman–Crippen MR) is 89.9 cm³/mol. The lowest BCUT2D eigenvalue weighted by Crippen LogP contribution is -2.43. The van der Waals surface area contributed by atoms with Crippen molar-refractivity contribution in [1.29, 1.82) is 0 Å². The lowest BCUT2D eigenvalue weighted by molar-refractivity contribution is 0.102. The molecule has 2 aliphatic rings. The molecular weight excluding hydrogens is 316 g/mol. The molecule has 0 saturated carbocycles. The molecule has 7 heteroatoms. The fraction of sp³-hybridized carbons (Fsp3) is 0.267. The first-order valence-corrected chi connectivity index (χ1v) is 8.92. The van der Waals surface area contributed by atoms with Crippen molar-refractivity contribution < 1.29 is 4.79 Å². The fourth-order valence-electron chi connectivity index (χ4n) is 2.42. The normalized spacial score (nSPS) is 19.9. The minimum absolute atomic E-state index is 0.177. The average Bonchev–Trinajstić information content (AvgIpc) is 2.98. The summed E-state index contributed by atoms with van der Waals surface area (Å²) in [5, 5.41) is 4.13. The summed E-state index contributed by atoms with van der Waals surface area (Å²) in [7, 11) is 0. The number of thiazole rings is 1. The van der Waals surface area contributed by atoms with E-state index < -0.39 is 0 Å². The van der Waals surface area contributed by atoms with E-state index in [1.807, 2.05) is 18.0 Å². The Morgan fingerprint density at radius 1 is 1.41 bits per heavy atom. The topological polar surface area (TPSA) is 58.1 Å². The van der Waals surface area contributed by atoms with Crippen LogP contribution >= 0.6 is 23.1 Å². The summed E-state index contributed by atoms with van der Waals surface area (Å²) < 4.78 is 0. The van der Waals surface area contributed by atoms with Crippen LogP contribution in [0.4, 0.5) is 5.13 Å². The minimum Gasteiger partial charge on any atom is -0.365 e. The van der Waals surface area contributed by atoms with Crippen LogP contribution in [-0.2, 0) is 0 Å². The van der Waals surface area contributed by atoms with Crippen molar-refractivity contribution in [2.24, 2.45) is 0 Å². The van der Waals surface area contributed by atoms with Gasteiger partial charge in [0.1, 0.15) is 0 Å². The fourth-order valence-corrected chi connectivity index (χ4v) is 4.56. The average molecular weight is 330 g/mol. The molecule has 2 aromatic heterocycles. The minimum atomic E-state index is -0.177. The first-order chi connectivity index (χ1) is 10.8. The molecule has 112 valence electrons. The molecule has 1 unspecified atom stereocenters. The summed E-state index contributed by atoms with van der Waals surface area (Å²) in [5.41, 5.74) is 1.83. The maximum atomic E-state index is 12.1. The highest BCUT2D eigenvalue weighted by molar-refractivity contribution is 8.00. The number of pyridine rings is 1. The van der Waals surface area contributed by atoms with Gasteiger partial charge in [0.25, 0.3) is 5.91 Å². The molecule has 1 atom stereocenters. The van der Waals surface area contributed by atoms with Crippen LogP contribution in [0.2, 0.25) is 0 Å². The third-order valence-corrected chi connectivity index (χ3v) is 6.08. The SMILES string of the molecule is O=C(Nc1ncc(C2=CN3CCC3SC2)s1)c1cccnc1. The van der Waals surface area contributed by atoms with Gasteiger partial charge in [-0.1, -0.05) is 11.3 Å². The van der Waals surface area contributed by atoms with E-state index >= 15 is 0 Å². The van der Waals surface area contributed by atoms with Gasteiger partial charge in [-0.2, -0.15) is 0 Å². The van der Waals surface area contributed by atoms with E-state index in [2.05, 4.69) is 26.4 Å². The van der Waals surface area contributed by atoms with Gasteiger partial charge < -0.3 is 4.90 Å². The number of thioether (sulfide) groups is 1. The standard InChI is InChI=1S/C15H14N4OS2/c20-14(10-2-1-4-16-6-10)18-15-17-7-12(22-15)11-8-19-5-3-13(19)21-9-11/h1-2,4,6-8,13H,3,5,9H2,(H,17,18,20). The Bertz CT molecular complexity index is 728. The molecule has 1 N–H and O–H groups in total. The van der Waals surface area contributed by atoms with E-state index in [4.69, 9.17) is 0 Å². The number of hydrogen-bond acceptors (Lipinski definition) is 6. The summed E-state index contributed by atoms with van der Waals surface area (Å²) >= 11 is 3.49. The molecular formula is C15H14N4OS2. The number of nitrogens with zero attached hydrogens (tertiary/aromatic N) is 3. The van der Waals surface area contributed by atoms with E-state index in [-0.39, 0.29) is 5.91 Å². The zero-order chi connectivity index (χ0) is 14.9. The molecule has 0 aromatic carbocycles. The van der Waals surface area contributed by atoms with Gasteiger partial charge in [-0.15, -0.1) is 11.8 Å². The molecule has 2 aliphatic heterocycles. The Morgan fingerprint density at radius 3 is 3.09 bits per heavy atom. The highest BCUT2D eigenvalue weighted by Crippen LogP contribution is 2.39. The van der Waals surface area contributed by atoms with Gasteiger partial charge in [0.2, 0.25) is 0 Å². The highest BCUT2D eigenvalue weighted by Gasteiger charge is 2.30. The maximum absolute atomic E-state index is 12.1. The van der Waals surface area contributed by atoms with Crippen molar-refractivity contribution in [3.63, 3.8) is 0 Å². The number of fused-ring (bicyclic) bond motifs is 1. The first kappa shape index (κ1) is 13.8. The molecule has 0 aliphatic carbocycles. The van der Waals surface area contributed by atoms with Crippen LogP contribution in [-0.4, -0.2) is 38.4 Å². The van der Waals surface area contributed by atoms with Gasteiger partial charge in [0, 0.05) is 37.1 Å². The number of anilines is 1. The number of rotatable bonds is 3. The van der Waals surface area contributed by atoms with Gasteiger partial charge in [-0.05, 0) is 24.1 Å². The first-order valence-electron chi connectivity index (χ1n) is 7.05. The molecule has 4 heterocycles. The number of aromatic nitrogens is 2. The van der Waals surface area contributed by atoms with E-state index in [0.717, 1.165) is 17.2 Å². The predicted octanol–water partition coefficient (Wildman–Crippen LogP) is 2.91. The summed E-state index contributed by atoms with van der Waals surface area (Å²) in [4.78, 5) is 23.9. The Hall–Kier alpha value is -1.86. The number of amides is 1. The number of nitrogens with one attached hydrogen (secondary N) is 1. The van der Waals surface area contributed by atoms with Crippen LogP contribution in [0, 0.1) is 0 Å². The van der Waals surface area contributed by atoms with Gasteiger partial charge in [0.05, 0.1) is 15.8 Å². The Morgan fingerprint density at radius 2 is 2.36 bits per heavy atom. The van der Waals surface area contributed by atoms with E-state index in [1.54, 1.807) is 24.5 Å². The third kappa shape index (κ3) is 2.62. The maximum Gasteiger partial charge on any atom is 0.259 e. The van der Waals surface area contributed by atoms with Gasteiger partial charge >= 0.3 is 0 Å². The monoisotopic (exact) mass is 330 g/mol. The quantitative estimate of drug-likeness (QED) is 0.938. The molecule has 2 aromatic rings. The lowest BCUT2D eigenvalue weighted by Gasteiger charge is -2.43. The highest BCUT2D eigenvalue weighted by atomic mass is 32.2. The summed E-state index contributed by atoms with van der Waals surface area (Å²) in [6.45, 7) is 1.14. The molecule has 22 heavy (non-hydrogen) atoms. The van der Waals surface area contributed by atoms with Crippen LogP contribution < -0.4 is 5.32 Å². The van der Waals surface area contributed by atoms with Crippen molar-refractivity contribution in [2.75, 3.05) is 17.6 Å². The van der Waals surface area contributed by atoms with Gasteiger partial charge in [-0.3, -0.25) is 15.1 Å². The summed E-state index contributed by atoms with van der Waals surface area (Å²) in [6, 6.07) is 3.48. The second-order valence-corrected chi connectivity index (χ2v) is 7.37. The lowest BCUT2D eigenvalue weighted by atomic mass is 10.2. The van der Waals surface area contributed by atoms with Gasteiger partial charge in [0.15, 0.2) is 5.13 Å². The Balaban J connectivity index is 1.48. The molecule has 5 nitrogen and oxygen atoms in total. The van der Waals surface area contributed by atoms with E-state index in [9.17, 15) is 4.79 Å². The number of carbonyl (C=O) groups excluding carboxylic acids is 1. The zero-order valence-corrected chi connectivity index (χ0v) is 13.4. The van der Waals surface area contributed by atoms with Crippen molar-refractivity contribution in [3.05, 3.63) is 47.4 Å². The smallest absolute Gasteiger partial charge is 0.259 e. The van der Waals surface area contributed by atoms with Gasteiger partial charge in [-0.25, -0.2) is 4.98 Å². The molecule has 1 fully saturated rings. The van der Waals surface area contributed by atoms with Crippen molar-refractivity contribution in [1.82, 2.24) is 14.9 Å². The van der Waals surface area contributed by atoms with Crippen LogP contribution in [0.1, 0.15) is 21.7 Å². The Labute approximate surface area is 136 Å². The van der Waals surface area contributed by atoms with Crippen LogP contribution in [0.5, 0.6) is 0 Å². The van der Waals surface area contributed by atoms with Crippen LogP contribution in [0.15, 0.2) is 36.9 Å². The third-order valence-electron chi connectivity index (χ3n) is 3.72. The van der Waals surface area contributed by atoms with E-state index in [1.165, 1.54) is 23.3 Å². The molecule has 4 rings (SSSR count). The van der Waals surface area contributed by atoms with Crippen molar-refractivity contribution >= 4 is 39.7 Å². The largest absolute Gasteiger partial charge is 0.365 e. The van der Waals surface area contributed by atoms with E-state index in [0.29, 0.717) is 16.1 Å². The van der Waals surface area contributed by atoms with Crippen LogP contribution in [0.3, 0.4) is 0 Å². The molecule has 0 bridgehead atoms. The molecule has 1 saturated heterocycles. The second kappa shape index (κ2) is 5.73. The number of hydrogen-bond donors (Lipinski definition) is 1. The van der Waals surface area contributed by atoms with Crippen molar-refractivity contribution in [3.8, 4) is 0 Å². The summed E-state index contributed by atoms with van der Waals surface area (Å²) in [6.07, 6.45) is 8.56. The number of carbonyl (C=O) groups is 1. The molecule has 1 amide bonds. The second-order valence-electron chi connectivity index (χ2n) is 5.17. The summed E-state index contributed by atoms with van der Waals surface area (Å²) in [5.74, 6) is 0.836. The molecule has 0 spiro atoms. The van der Waals surface area contributed by atoms with Crippen molar-refractivity contribution in [2.45, 2.75) is 11.8 Å². The Kier molecular flexibility index (Phi) is 3.59. The van der Waals surface area contributed by atoms with Crippen LogP contribution in [0.25, 0.3) is 5.57 Å². The zero-order valence-electron chi connectivity index (χ0n) is 11.7.